The number of amides is 1. The second kappa shape index (κ2) is 7.06. The predicted octanol–water partition coefficient (Wildman–Crippen LogP) is 1.21. The quantitative estimate of drug-likeness (QED) is 0.856. The molecule has 7 nitrogen and oxygen atoms in total. The molecule has 0 aromatic carbocycles. The number of anilines is 2. The normalized spacial score (nSPS) is 25.5. The molecule has 24 heavy (non-hydrogen) atoms. The Kier molecular flexibility index (Phi) is 5.05. The van der Waals surface area contributed by atoms with Crippen molar-refractivity contribution < 1.29 is 17.9 Å². The Balaban J connectivity index is 1.65. The predicted molar refractivity (Wildman–Crippen MR) is 91.9 cm³/mol. The van der Waals surface area contributed by atoms with Crippen LogP contribution < -0.4 is 10.2 Å². The minimum absolute atomic E-state index is 0.00544. The molecule has 1 aromatic heterocycles. The van der Waals surface area contributed by atoms with Gasteiger partial charge in [-0.15, -0.1) is 0 Å². The maximum Gasteiger partial charge on any atom is 0.254 e. The maximum absolute atomic E-state index is 12.0. The van der Waals surface area contributed by atoms with Crippen molar-refractivity contribution in [2.75, 3.05) is 34.9 Å². The Bertz CT molecular complexity index is 684. The van der Waals surface area contributed by atoms with Crippen molar-refractivity contribution in [3.63, 3.8) is 0 Å². The molecular weight excluding hydrogens is 330 g/mol. The average Bonchev–Trinajstić information content (AvgIpc) is 3.19. The fraction of sp³-hybridized carbons (Fsp3) is 0.625. The lowest BCUT2D eigenvalue weighted by molar-refractivity contribution is -0.124. The van der Waals surface area contributed by atoms with E-state index in [1.807, 2.05) is 13.0 Å². The highest BCUT2D eigenvalue weighted by Crippen LogP contribution is 2.24. The van der Waals surface area contributed by atoms with Crippen LogP contribution in [0.5, 0.6) is 0 Å². The van der Waals surface area contributed by atoms with Gasteiger partial charge in [0.1, 0.15) is 11.9 Å². The number of sulfone groups is 1. The highest BCUT2D eigenvalue weighted by Gasteiger charge is 2.32. The summed E-state index contributed by atoms with van der Waals surface area (Å²) < 4.78 is 28.7. The van der Waals surface area contributed by atoms with Gasteiger partial charge >= 0.3 is 0 Å². The summed E-state index contributed by atoms with van der Waals surface area (Å²) in [5.74, 6) is 0.756. The van der Waals surface area contributed by atoms with Crippen LogP contribution in [-0.2, 0) is 19.4 Å². The van der Waals surface area contributed by atoms with E-state index in [1.165, 1.54) is 0 Å². The highest BCUT2D eigenvalue weighted by atomic mass is 32.2. The van der Waals surface area contributed by atoms with E-state index in [2.05, 4.69) is 15.2 Å². The van der Waals surface area contributed by atoms with Gasteiger partial charge in [-0.3, -0.25) is 4.79 Å². The number of rotatable bonds is 5. The molecule has 2 atom stereocenters. The van der Waals surface area contributed by atoms with E-state index in [-0.39, 0.29) is 29.6 Å². The van der Waals surface area contributed by atoms with Crippen molar-refractivity contribution in [1.29, 1.82) is 0 Å². The van der Waals surface area contributed by atoms with Gasteiger partial charge in [0.25, 0.3) is 5.91 Å². The first kappa shape index (κ1) is 17.2. The minimum Gasteiger partial charge on any atom is -0.368 e. The molecule has 2 fully saturated rings. The van der Waals surface area contributed by atoms with E-state index in [1.54, 1.807) is 12.3 Å². The van der Waals surface area contributed by atoms with E-state index in [4.69, 9.17) is 4.74 Å². The molecule has 8 heteroatoms. The highest BCUT2D eigenvalue weighted by molar-refractivity contribution is 7.91. The second-order valence-corrected chi connectivity index (χ2v) is 8.46. The molecule has 2 saturated heterocycles. The Labute approximate surface area is 142 Å². The van der Waals surface area contributed by atoms with Gasteiger partial charge in [0.15, 0.2) is 9.84 Å². The third-order valence-electron chi connectivity index (χ3n) is 4.54. The first-order chi connectivity index (χ1) is 11.5. The number of ether oxygens (including phenoxy) is 1. The van der Waals surface area contributed by atoms with E-state index >= 15 is 0 Å². The van der Waals surface area contributed by atoms with E-state index in [0.29, 0.717) is 25.4 Å². The number of hydrogen-bond acceptors (Lipinski definition) is 6. The van der Waals surface area contributed by atoms with Crippen LogP contribution in [-0.4, -0.2) is 56.1 Å². The van der Waals surface area contributed by atoms with Gasteiger partial charge in [-0.05, 0) is 38.3 Å². The third kappa shape index (κ3) is 3.87. The molecule has 2 aliphatic rings. The van der Waals surface area contributed by atoms with Crippen LogP contribution in [0, 0.1) is 0 Å². The number of carbonyl (C=O) groups is 1. The molecule has 0 bridgehead atoms. The van der Waals surface area contributed by atoms with E-state index in [9.17, 15) is 13.2 Å². The Morgan fingerprint density at radius 2 is 2.25 bits per heavy atom. The van der Waals surface area contributed by atoms with Crippen molar-refractivity contribution in [3.8, 4) is 0 Å². The Morgan fingerprint density at radius 1 is 1.42 bits per heavy atom. The fourth-order valence-corrected chi connectivity index (χ4v) is 5.02. The molecule has 1 aromatic rings. The van der Waals surface area contributed by atoms with Gasteiger partial charge in [-0.2, -0.15) is 0 Å². The van der Waals surface area contributed by atoms with Gasteiger partial charge in [0, 0.05) is 19.2 Å². The van der Waals surface area contributed by atoms with Crippen LogP contribution in [0.1, 0.15) is 26.2 Å². The summed E-state index contributed by atoms with van der Waals surface area (Å²) in [5, 5.41) is 2.76. The second-order valence-electron chi connectivity index (χ2n) is 6.24. The summed E-state index contributed by atoms with van der Waals surface area (Å²) in [6.07, 6.45) is 3.58. The number of aromatic nitrogens is 1. The van der Waals surface area contributed by atoms with Gasteiger partial charge in [-0.25, -0.2) is 13.4 Å². The summed E-state index contributed by atoms with van der Waals surface area (Å²) in [6, 6.07) is 3.61. The van der Waals surface area contributed by atoms with Crippen LogP contribution in [0.3, 0.4) is 0 Å². The zero-order valence-electron chi connectivity index (χ0n) is 13.8. The number of nitrogens with zero attached hydrogens (tertiary/aromatic N) is 2. The Hall–Kier alpha value is -1.67. The largest absolute Gasteiger partial charge is 0.368 e. The summed E-state index contributed by atoms with van der Waals surface area (Å²) in [7, 11) is -2.93. The zero-order chi connectivity index (χ0) is 17.2. The number of nitrogens with one attached hydrogen (secondary N) is 1. The molecule has 1 amide bonds. The number of hydrogen-bond donors (Lipinski definition) is 1. The maximum atomic E-state index is 12.0. The Morgan fingerprint density at radius 3 is 2.79 bits per heavy atom. The van der Waals surface area contributed by atoms with Crippen LogP contribution in [0.2, 0.25) is 0 Å². The number of pyridine rings is 1. The summed E-state index contributed by atoms with van der Waals surface area (Å²) in [5.41, 5.74) is 0.870. The molecule has 1 N–H and O–H groups in total. The third-order valence-corrected chi connectivity index (χ3v) is 6.29. The summed E-state index contributed by atoms with van der Waals surface area (Å²) >= 11 is 0. The molecule has 3 heterocycles. The molecule has 3 rings (SSSR count). The van der Waals surface area contributed by atoms with Gasteiger partial charge < -0.3 is 15.0 Å². The lowest BCUT2D eigenvalue weighted by Gasteiger charge is -2.28. The first-order valence-corrected chi connectivity index (χ1v) is 10.2. The monoisotopic (exact) mass is 353 g/mol. The lowest BCUT2D eigenvalue weighted by Crippen LogP contribution is -2.36. The van der Waals surface area contributed by atoms with Crippen LogP contribution in [0.4, 0.5) is 11.5 Å². The molecular formula is C16H23N3O4S. The van der Waals surface area contributed by atoms with Crippen LogP contribution >= 0.6 is 0 Å². The minimum atomic E-state index is -2.93. The lowest BCUT2D eigenvalue weighted by atomic mass is 10.2. The standard InChI is InChI=1S/C16H23N3O4S/c1-2-19(13-7-9-24(21,22)11-13)12-5-6-15(17-10-12)18-16(20)14-4-3-8-23-14/h5-6,10,13-14H,2-4,7-9,11H2,1H3,(H,17,18,20). The first-order valence-electron chi connectivity index (χ1n) is 8.34. The van der Waals surface area contributed by atoms with Gasteiger partial charge in [0.05, 0.1) is 23.4 Å². The average molecular weight is 353 g/mol. The van der Waals surface area contributed by atoms with E-state index < -0.39 is 9.84 Å². The molecule has 0 spiro atoms. The topological polar surface area (TPSA) is 88.6 Å². The SMILES string of the molecule is CCN(c1ccc(NC(=O)C2CCCO2)nc1)C1CCS(=O)(=O)C1. The molecule has 0 saturated carbocycles. The smallest absolute Gasteiger partial charge is 0.254 e. The van der Waals surface area contributed by atoms with Crippen molar-refractivity contribution >= 4 is 27.2 Å². The van der Waals surface area contributed by atoms with Crippen LogP contribution in [0.15, 0.2) is 18.3 Å². The van der Waals surface area contributed by atoms with Crippen molar-refractivity contribution in [2.45, 2.75) is 38.3 Å². The zero-order valence-corrected chi connectivity index (χ0v) is 14.6. The molecule has 0 radical (unpaired) electrons. The fourth-order valence-electron chi connectivity index (χ4n) is 3.29. The van der Waals surface area contributed by atoms with Crippen molar-refractivity contribution in [2.24, 2.45) is 0 Å². The van der Waals surface area contributed by atoms with E-state index in [0.717, 1.165) is 18.5 Å². The van der Waals surface area contributed by atoms with Crippen LogP contribution in [0.25, 0.3) is 0 Å². The van der Waals surface area contributed by atoms with Crippen molar-refractivity contribution in [1.82, 2.24) is 4.98 Å². The number of carbonyl (C=O) groups excluding carboxylic acids is 1. The molecule has 2 unspecified atom stereocenters. The van der Waals surface area contributed by atoms with Crippen molar-refractivity contribution in [3.05, 3.63) is 18.3 Å². The molecule has 0 aliphatic carbocycles. The summed E-state index contributed by atoms with van der Waals surface area (Å²) in [4.78, 5) is 18.4. The van der Waals surface area contributed by atoms with Gasteiger partial charge in [0.2, 0.25) is 0 Å². The molecule has 2 aliphatic heterocycles. The van der Waals surface area contributed by atoms with Gasteiger partial charge in [-0.1, -0.05) is 0 Å². The molecule has 132 valence electrons. The summed E-state index contributed by atoms with van der Waals surface area (Å²) in [6.45, 7) is 3.34.